The van der Waals surface area contributed by atoms with Gasteiger partial charge in [-0.2, -0.15) is 0 Å². The summed E-state index contributed by atoms with van der Waals surface area (Å²) in [6.07, 6.45) is 0.371. The highest BCUT2D eigenvalue weighted by Gasteiger charge is 2.33. The Labute approximate surface area is 145 Å². The monoisotopic (exact) mass is 343 g/mol. The van der Waals surface area contributed by atoms with Gasteiger partial charge in [0, 0.05) is 13.5 Å². The van der Waals surface area contributed by atoms with Crippen LogP contribution in [0.15, 0.2) is 35.1 Å². The van der Waals surface area contributed by atoms with Crippen molar-refractivity contribution in [1.29, 1.82) is 0 Å². The van der Waals surface area contributed by atoms with Gasteiger partial charge in [0.2, 0.25) is 5.91 Å². The first-order valence-electron chi connectivity index (χ1n) is 8.23. The number of para-hydroxylation sites is 1. The topological polar surface area (TPSA) is 82.3 Å². The fraction of sp³-hybridized carbons (Fsp3) is 0.389. The van der Waals surface area contributed by atoms with Crippen molar-refractivity contribution in [1.82, 2.24) is 9.36 Å². The Kier molecular flexibility index (Phi) is 4.48. The SMILES string of the molecule is Cc1c(NC(=O)C[C@H]2C[C@@H](C)OC2=O)c(=O)n(-c2ccccc2)n1C. The van der Waals surface area contributed by atoms with Crippen LogP contribution in [-0.2, 0) is 21.4 Å². The molecule has 1 amide bonds. The van der Waals surface area contributed by atoms with Gasteiger partial charge < -0.3 is 10.1 Å². The van der Waals surface area contributed by atoms with Crippen LogP contribution in [0, 0.1) is 12.8 Å². The Morgan fingerprint density at radius 1 is 1.28 bits per heavy atom. The van der Waals surface area contributed by atoms with Crippen molar-refractivity contribution in [3.63, 3.8) is 0 Å². The van der Waals surface area contributed by atoms with Gasteiger partial charge in [-0.05, 0) is 32.4 Å². The Morgan fingerprint density at radius 2 is 1.96 bits per heavy atom. The Hall–Kier alpha value is -2.83. The third kappa shape index (κ3) is 3.22. The molecule has 1 aromatic carbocycles. The van der Waals surface area contributed by atoms with Gasteiger partial charge >= 0.3 is 5.97 Å². The van der Waals surface area contributed by atoms with Crippen LogP contribution in [-0.4, -0.2) is 27.3 Å². The number of nitrogens with one attached hydrogen (secondary N) is 1. The molecule has 2 heterocycles. The van der Waals surface area contributed by atoms with E-state index in [0.717, 1.165) is 0 Å². The van der Waals surface area contributed by atoms with Crippen LogP contribution in [0.3, 0.4) is 0 Å². The Morgan fingerprint density at radius 3 is 2.56 bits per heavy atom. The summed E-state index contributed by atoms with van der Waals surface area (Å²) in [7, 11) is 1.76. The summed E-state index contributed by atoms with van der Waals surface area (Å²) >= 11 is 0. The molecule has 2 atom stereocenters. The molecule has 7 heteroatoms. The summed E-state index contributed by atoms with van der Waals surface area (Å²) in [6, 6.07) is 9.20. The van der Waals surface area contributed by atoms with Crippen LogP contribution in [0.1, 0.15) is 25.5 Å². The lowest BCUT2D eigenvalue weighted by atomic mass is 10.0. The average Bonchev–Trinajstić information content (AvgIpc) is 2.99. The molecule has 1 saturated heterocycles. The summed E-state index contributed by atoms with van der Waals surface area (Å²) in [6.45, 7) is 3.57. The number of hydrogen-bond acceptors (Lipinski definition) is 4. The lowest BCUT2D eigenvalue weighted by Gasteiger charge is -2.07. The van der Waals surface area contributed by atoms with Crippen LogP contribution >= 0.6 is 0 Å². The maximum atomic E-state index is 12.7. The van der Waals surface area contributed by atoms with Gasteiger partial charge in [-0.25, -0.2) is 4.68 Å². The van der Waals surface area contributed by atoms with Gasteiger partial charge in [-0.3, -0.25) is 19.1 Å². The molecule has 1 N–H and O–H groups in total. The zero-order valence-electron chi connectivity index (χ0n) is 14.5. The van der Waals surface area contributed by atoms with Crippen molar-refractivity contribution < 1.29 is 14.3 Å². The lowest BCUT2D eigenvalue weighted by molar-refractivity contribution is -0.144. The number of aromatic nitrogens is 2. The first kappa shape index (κ1) is 17.0. The van der Waals surface area contributed by atoms with E-state index in [-0.39, 0.29) is 35.6 Å². The number of hydrogen-bond donors (Lipinski definition) is 1. The van der Waals surface area contributed by atoms with Crippen LogP contribution in [0.5, 0.6) is 0 Å². The molecule has 7 nitrogen and oxygen atoms in total. The van der Waals surface area contributed by atoms with Gasteiger partial charge in [0.25, 0.3) is 5.56 Å². The van der Waals surface area contributed by atoms with E-state index in [0.29, 0.717) is 17.8 Å². The minimum absolute atomic E-state index is 0.0162. The number of anilines is 1. The van der Waals surface area contributed by atoms with Crippen molar-refractivity contribution in [3.8, 4) is 5.69 Å². The molecule has 1 aromatic heterocycles. The molecule has 0 bridgehead atoms. The van der Waals surface area contributed by atoms with E-state index in [4.69, 9.17) is 4.74 Å². The molecule has 0 unspecified atom stereocenters. The van der Waals surface area contributed by atoms with Gasteiger partial charge in [-0.15, -0.1) is 0 Å². The molecule has 1 aliphatic heterocycles. The minimum Gasteiger partial charge on any atom is -0.462 e. The van der Waals surface area contributed by atoms with Gasteiger partial charge in [0.05, 0.1) is 23.4 Å². The molecule has 2 aromatic rings. The second kappa shape index (κ2) is 6.58. The van der Waals surface area contributed by atoms with Crippen molar-refractivity contribution in [3.05, 3.63) is 46.4 Å². The molecule has 1 fully saturated rings. The number of ether oxygens (including phenoxy) is 1. The maximum Gasteiger partial charge on any atom is 0.309 e. The molecule has 1 aliphatic rings. The predicted octanol–water partition coefficient (Wildman–Crippen LogP) is 1.76. The van der Waals surface area contributed by atoms with E-state index in [1.807, 2.05) is 30.3 Å². The van der Waals surface area contributed by atoms with Crippen LogP contribution in [0.2, 0.25) is 0 Å². The van der Waals surface area contributed by atoms with E-state index < -0.39 is 5.92 Å². The maximum absolute atomic E-state index is 12.7. The van der Waals surface area contributed by atoms with Gasteiger partial charge in [-0.1, -0.05) is 18.2 Å². The zero-order chi connectivity index (χ0) is 18.1. The largest absolute Gasteiger partial charge is 0.462 e. The summed E-state index contributed by atoms with van der Waals surface area (Å²) in [5.74, 6) is -1.16. The molecule has 25 heavy (non-hydrogen) atoms. The van der Waals surface area contributed by atoms with Crippen molar-refractivity contribution in [2.24, 2.45) is 13.0 Å². The second-order valence-corrected chi connectivity index (χ2v) is 6.37. The molecule has 0 saturated carbocycles. The number of rotatable bonds is 4. The quantitative estimate of drug-likeness (QED) is 0.858. The number of carbonyl (C=O) groups is 2. The summed E-state index contributed by atoms with van der Waals surface area (Å²) in [4.78, 5) is 36.7. The highest BCUT2D eigenvalue weighted by molar-refractivity contribution is 5.94. The van der Waals surface area contributed by atoms with Crippen molar-refractivity contribution in [2.45, 2.75) is 32.8 Å². The zero-order valence-corrected chi connectivity index (χ0v) is 14.5. The second-order valence-electron chi connectivity index (χ2n) is 6.37. The van der Waals surface area contributed by atoms with Crippen LogP contribution in [0.4, 0.5) is 5.69 Å². The Balaban J connectivity index is 1.83. The standard InChI is InChI=1S/C18H21N3O4/c1-11-9-13(18(24)25-11)10-15(22)19-16-12(2)20(3)21(17(16)23)14-7-5-4-6-8-14/h4-8,11,13H,9-10H2,1-3H3,(H,19,22)/t11-,13-/m1/s1. The number of carbonyl (C=O) groups excluding carboxylic acids is 2. The highest BCUT2D eigenvalue weighted by atomic mass is 16.5. The molecule has 0 spiro atoms. The van der Waals surface area contributed by atoms with Gasteiger partial charge in [0.1, 0.15) is 5.69 Å². The minimum atomic E-state index is -0.449. The van der Waals surface area contributed by atoms with E-state index in [2.05, 4.69) is 5.32 Å². The molecular weight excluding hydrogens is 322 g/mol. The van der Waals surface area contributed by atoms with E-state index >= 15 is 0 Å². The number of nitrogens with zero attached hydrogens (tertiary/aromatic N) is 2. The number of esters is 1. The first-order valence-corrected chi connectivity index (χ1v) is 8.23. The van der Waals surface area contributed by atoms with E-state index in [1.165, 1.54) is 4.68 Å². The van der Waals surface area contributed by atoms with E-state index in [1.54, 1.807) is 25.6 Å². The number of benzene rings is 1. The van der Waals surface area contributed by atoms with Crippen molar-refractivity contribution in [2.75, 3.05) is 5.32 Å². The first-order chi connectivity index (χ1) is 11.9. The van der Waals surface area contributed by atoms with Crippen molar-refractivity contribution >= 4 is 17.6 Å². The molecule has 0 radical (unpaired) electrons. The molecule has 0 aliphatic carbocycles. The summed E-state index contributed by atoms with van der Waals surface area (Å²) < 4.78 is 8.26. The Bertz CT molecular complexity index is 866. The average molecular weight is 343 g/mol. The van der Waals surface area contributed by atoms with Gasteiger partial charge in [0.15, 0.2) is 0 Å². The summed E-state index contributed by atoms with van der Waals surface area (Å²) in [5.41, 5.74) is 1.29. The third-order valence-electron chi connectivity index (χ3n) is 4.52. The van der Waals surface area contributed by atoms with Crippen LogP contribution < -0.4 is 10.9 Å². The fourth-order valence-corrected chi connectivity index (χ4v) is 3.13. The predicted molar refractivity (Wildman–Crippen MR) is 92.7 cm³/mol. The van der Waals surface area contributed by atoms with E-state index in [9.17, 15) is 14.4 Å². The molecule has 132 valence electrons. The molecular formula is C18H21N3O4. The highest BCUT2D eigenvalue weighted by Crippen LogP contribution is 2.24. The smallest absolute Gasteiger partial charge is 0.309 e. The fourth-order valence-electron chi connectivity index (χ4n) is 3.13. The summed E-state index contributed by atoms with van der Waals surface area (Å²) in [5, 5.41) is 2.67. The number of cyclic esters (lactones) is 1. The molecule has 3 rings (SSSR count). The number of amides is 1. The normalized spacial score (nSPS) is 19.7. The third-order valence-corrected chi connectivity index (χ3v) is 4.52. The van der Waals surface area contributed by atoms with Crippen LogP contribution in [0.25, 0.3) is 5.69 Å². The lowest BCUT2D eigenvalue weighted by Crippen LogP contribution is -2.24.